The van der Waals surface area contributed by atoms with Crippen LogP contribution in [0, 0.1) is 29.1 Å². The van der Waals surface area contributed by atoms with Crippen molar-refractivity contribution in [3.8, 4) is 17.2 Å². The molecule has 3 atom stereocenters. The Hall–Kier alpha value is -3.17. The van der Waals surface area contributed by atoms with E-state index in [0.29, 0.717) is 11.5 Å². The number of nitrogens with zero attached hydrogens (tertiary/aromatic N) is 6. The van der Waals surface area contributed by atoms with Gasteiger partial charge in [0, 0.05) is 36.9 Å². The molecule has 3 aromatic rings. The number of anilines is 1. The van der Waals surface area contributed by atoms with Gasteiger partial charge in [-0.3, -0.25) is 4.98 Å². The summed E-state index contributed by atoms with van der Waals surface area (Å²) in [6, 6.07) is 10.1. The van der Waals surface area contributed by atoms with Crippen LogP contribution < -0.4 is 4.90 Å². The van der Waals surface area contributed by atoms with Crippen LogP contribution in [0.25, 0.3) is 28.2 Å². The number of nitriles is 1. The molecule has 0 spiro atoms. The maximum atomic E-state index is 9.47. The van der Waals surface area contributed by atoms with Gasteiger partial charge < -0.3 is 9.80 Å². The van der Waals surface area contributed by atoms with Crippen molar-refractivity contribution in [1.82, 2.24) is 19.7 Å². The number of rotatable bonds is 3. The summed E-state index contributed by atoms with van der Waals surface area (Å²) in [6.45, 7) is 3.52. The minimum Gasteiger partial charge on any atom is -0.355 e. The molecule has 3 aliphatic rings. The van der Waals surface area contributed by atoms with E-state index in [1.807, 2.05) is 30.6 Å². The molecule has 2 fully saturated rings. The summed E-state index contributed by atoms with van der Waals surface area (Å²) in [6.07, 6.45) is 21.3. The molecule has 210 valence electrons. The predicted octanol–water partition coefficient (Wildman–Crippen LogP) is 7.36. The molecule has 0 bridgehead atoms. The Labute approximate surface area is 239 Å². The molecule has 1 aliphatic carbocycles. The van der Waals surface area contributed by atoms with Crippen LogP contribution in [0.5, 0.6) is 0 Å². The number of likely N-dealkylation sites (tertiary alicyclic amines) is 1. The Morgan fingerprint density at radius 1 is 0.850 bits per heavy atom. The highest BCUT2D eigenvalue weighted by molar-refractivity contribution is 5.98. The number of hydrogen-bond acceptors (Lipinski definition) is 5. The van der Waals surface area contributed by atoms with Crippen LogP contribution in [0.15, 0.2) is 42.2 Å². The predicted molar refractivity (Wildman–Crippen MR) is 164 cm³/mol. The number of likely N-dealkylation sites (N-methyl/N-ethyl adjacent to an activating group) is 1. The lowest BCUT2D eigenvalue weighted by atomic mass is 9.79. The maximum absolute atomic E-state index is 9.47. The second-order valence-electron chi connectivity index (χ2n) is 12.6. The lowest BCUT2D eigenvalue weighted by Crippen LogP contribution is -2.29. The summed E-state index contributed by atoms with van der Waals surface area (Å²) >= 11 is 0. The average Bonchev–Trinajstić information content (AvgIpc) is 3.43. The van der Waals surface area contributed by atoms with Crippen molar-refractivity contribution >= 4 is 22.9 Å². The van der Waals surface area contributed by atoms with Crippen molar-refractivity contribution < 1.29 is 0 Å². The van der Waals surface area contributed by atoms with Crippen molar-refractivity contribution in [3.05, 3.63) is 47.8 Å². The van der Waals surface area contributed by atoms with Crippen molar-refractivity contribution in [2.75, 3.05) is 38.6 Å². The lowest BCUT2D eigenvalue weighted by molar-refractivity contribution is 0.192. The van der Waals surface area contributed by atoms with Crippen LogP contribution in [-0.4, -0.2) is 53.4 Å². The van der Waals surface area contributed by atoms with E-state index in [0.717, 1.165) is 46.2 Å². The summed E-state index contributed by atoms with van der Waals surface area (Å²) in [5.41, 5.74) is 5.27. The Morgan fingerprint density at radius 2 is 1.62 bits per heavy atom. The summed E-state index contributed by atoms with van der Waals surface area (Å²) < 4.78 is 2.09. The van der Waals surface area contributed by atoms with Crippen LogP contribution in [0.3, 0.4) is 0 Å². The quantitative estimate of drug-likeness (QED) is 0.350. The minimum atomic E-state index is 0.644. The Balaban J connectivity index is 1.20. The fourth-order valence-corrected chi connectivity index (χ4v) is 7.71. The van der Waals surface area contributed by atoms with Crippen molar-refractivity contribution in [1.29, 1.82) is 5.26 Å². The normalized spacial score (nSPS) is 25.1. The molecule has 4 heterocycles. The molecule has 2 aliphatic heterocycles. The largest absolute Gasteiger partial charge is 0.355 e. The smallest absolute Gasteiger partial charge is 0.139 e. The maximum Gasteiger partial charge on any atom is 0.139 e. The molecule has 6 heteroatoms. The molecule has 0 amide bonds. The molecule has 40 heavy (non-hydrogen) atoms. The van der Waals surface area contributed by atoms with Crippen molar-refractivity contribution in [3.63, 3.8) is 0 Å². The molecule has 6 nitrogen and oxygen atoms in total. The minimum absolute atomic E-state index is 0.644. The number of hydrogen-bond donors (Lipinski definition) is 0. The molecular formula is C34H44N6. The third-order valence-corrected chi connectivity index (χ3v) is 9.94. The highest BCUT2D eigenvalue weighted by atomic mass is 15.4. The summed E-state index contributed by atoms with van der Waals surface area (Å²) in [5, 5.41) is 15.3. The Kier molecular flexibility index (Phi) is 8.20. The van der Waals surface area contributed by atoms with Crippen molar-refractivity contribution in [2.45, 2.75) is 70.6 Å². The van der Waals surface area contributed by atoms with Crippen LogP contribution in [0.2, 0.25) is 0 Å². The number of benzene rings is 1. The van der Waals surface area contributed by atoms with Crippen molar-refractivity contribution in [2.24, 2.45) is 17.8 Å². The topological polar surface area (TPSA) is 61.0 Å². The van der Waals surface area contributed by atoms with E-state index in [2.05, 4.69) is 51.9 Å². The van der Waals surface area contributed by atoms with Gasteiger partial charge in [0.25, 0.3) is 0 Å². The molecule has 1 saturated carbocycles. The van der Waals surface area contributed by atoms with Gasteiger partial charge in [0.15, 0.2) is 0 Å². The van der Waals surface area contributed by atoms with Gasteiger partial charge in [-0.1, -0.05) is 44.9 Å². The number of pyridine rings is 1. The molecular weight excluding hydrogens is 492 g/mol. The van der Waals surface area contributed by atoms with Gasteiger partial charge in [0.2, 0.25) is 0 Å². The SMILES string of the molecule is CN1CCCCC(C2CCCCC(C3=Cn4ncc(-c5ccnc6ccc(C#N)cc56)c4N(C)C3)CCC2)CC1. The van der Waals surface area contributed by atoms with Gasteiger partial charge in [-0.05, 0) is 99.0 Å². The van der Waals surface area contributed by atoms with Gasteiger partial charge in [-0.25, -0.2) is 4.68 Å². The highest BCUT2D eigenvalue weighted by Crippen LogP contribution is 2.40. The average molecular weight is 537 g/mol. The molecule has 1 aromatic carbocycles. The molecule has 0 radical (unpaired) electrons. The summed E-state index contributed by atoms with van der Waals surface area (Å²) in [5.74, 6) is 3.62. The third-order valence-electron chi connectivity index (χ3n) is 9.94. The molecule has 0 N–H and O–H groups in total. The third kappa shape index (κ3) is 5.67. The fourth-order valence-electron chi connectivity index (χ4n) is 7.71. The molecule has 6 rings (SSSR count). The van der Waals surface area contributed by atoms with E-state index >= 15 is 0 Å². The first kappa shape index (κ1) is 27.0. The monoisotopic (exact) mass is 536 g/mol. The van der Waals surface area contributed by atoms with Crippen LogP contribution in [0.1, 0.15) is 76.2 Å². The van der Waals surface area contributed by atoms with E-state index in [9.17, 15) is 5.26 Å². The first-order chi connectivity index (χ1) is 19.6. The van der Waals surface area contributed by atoms with E-state index in [1.54, 1.807) is 0 Å². The van der Waals surface area contributed by atoms with E-state index in [-0.39, 0.29) is 0 Å². The van der Waals surface area contributed by atoms with Gasteiger partial charge >= 0.3 is 0 Å². The zero-order chi connectivity index (χ0) is 27.5. The second-order valence-corrected chi connectivity index (χ2v) is 12.6. The van der Waals surface area contributed by atoms with Crippen LogP contribution in [-0.2, 0) is 0 Å². The highest BCUT2D eigenvalue weighted by Gasteiger charge is 2.28. The zero-order valence-electron chi connectivity index (χ0n) is 24.4. The molecule has 2 aromatic heterocycles. The first-order valence-electron chi connectivity index (χ1n) is 15.6. The van der Waals surface area contributed by atoms with Gasteiger partial charge in [-0.2, -0.15) is 10.4 Å². The Bertz CT molecular complexity index is 1400. The summed E-state index contributed by atoms with van der Waals surface area (Å²) in [4.78, 5) is 9.47. The van der Waals surface area contributed by atoms with Gasteiger partial charge in [-0.15, -0.1) is 0 Å². The van der Waals surface area contributed by atoms with Gasteiger partial charge in [0.1, 0.15) is 5.82 Å². The van der Waals surface area contributed by atoms with Crippen LogP contribution >= 0.6 is 0 Å². The number of aromatic nitrogens is 3. The fraction of sp³-hybridized carbons (Fsp3) is 0.559. The van der Waals surface area contributed by atoms with E-state index in [4.69, 9.17) is 5.10 Å². The number of fused-ring (bicyclic) bond motifs is 2. The van der Waals surface area contributed by atoms with Crippen LogP contribution in [0.4, 0.5) is 5.82 Å². The molecule has 3 unspecified atom stereocenters. The van der Waals surface area contributed by atoms with E-state index < -0.39 is 0 Å². The second kappa shape index (κ2) is 12.1. The lowest BCUT2D eigenvalue weighted by Gasteiger charge is -2.32. The van der Waals surface area contributed by atoms with Gasteiger partial charge in [0.05, 0.1) is 23.3 Å². The molecule has 1 saturated heterocycles. The standard InChI is InChI=1S/C34H44N6/c1-38-18-6-5-10-28(16-19-38)26-8-3-4-9-27(12-7-11-26)29-23-39(2)34-32(22-37-40(34)24-29)30-15-17-36-33-14-13-25(21-35)20-31(30)33/h13-15,17,20,22,24,26-28H,3-12,16,18-19,23H2,1-2H3. The Morgan fingerprint density at radius 3 is 2.50 bits per heavy atom. The zero-order valence-corrected chi connectivity index (χ0v) is 24.4. The van der Waals surface area contributed by atoms with E-state index in [1.165, 1.54) is 89.3 Å². The first-order valence-corrected chi connectivity index (χ1v) is 15.6. The summed E-state index contributed by atoms with van der Waals surface area (Å²) in [7, 11) is 4.51.